The molecule has 0 saturated carbocycles. The maximum atomic E-state index is 12.8. The number of carbonyl (C=O) groups excluding carboxylic acids is 1. The minimum atomic E-state index is -3.00. The molecule has 1 aromatic carbocycles. The van der Waals surface area contributed by atoms with Gasteiger partial charge in [-0.15, -0.1) is 0 Å². The number of benzene rings is 1. The zero-order valence-electron chi connectivity index (χ0n) is 17.2. The van der Waals surface area contributed by atoms with Crippen LogP contribution < -0.4 is 24.8 Å². The highest BCUT2D eigenvalue weighted by Gasteiger charge is 2.20. The van der Waals surface area contributed by atoms with Gasteiger partial charge in [0.25, 0.3) is 0 Å². The van der Waals surface area contributed by atoms with Gasteiger partial charge in [-0.05, 0) is 18.2 Å². The van der Waals surface area contributed by atoms with Crippen LogP contribution in [0, 0.1) is 0 Å². The third-order valence-corrected chi connectivity index (χ3v) is 4.33. The van der Waals surface area contributed by atoms with Crippen molar-refractivity contribution in [3.8, 4) is 17.2 Å². The number of hydrogen-bond acceptors (Lipinski definition) is 6. The topological polar surface area (TPSA) is 97.6 Å². The van der Waals surface area contributed by atoms with Gasteiger partial charge < -0.3 is 34.2 Å². The molecule has 1 aromatic heterocycles. The highest BCUT2D eigenvalue weighted by Crippen LogP contribution is 2.39. The first-order chi connectivity index (χ1) is 14.9. The fourth-order valence-electron chi connectivity index (χ4n) is 2.71. The van der Waals surface area contributed by atoms with E-state index in [4.69, 9.17) is 13.9 Å². The number of amides is 1. The summed E-state index contributed by atoms with van der Waals surface area (Å²) >= 11 is 0. The molecular formula is C20H24F2N4O5. The van der Waals surface area contributed by atoms with Crippen LogP contribution in [0.15, 0.2) is 39.9 Å². The number of fused-ring (bicyclic) bond motifs is 1. The van der Waals surface area contributed by atoms with E-state index in [-0.39, 0.29) is 31.5 Å². The Kier molecular flexibility index (Phi) is 7.52. The summed E-state index contributed by atoms with van der Waals surface area (Å²) < 4.78 is 46.1. The molecule has 3 rings (SSSR count). The smallest absolute Gasteiger partial charge is 0.387 e. The van der Waals surface area contributed by atoms with Crippen LogP contribution >= 0.6 is 0 Å². The highest BCUT2D eigenvalue weighted by atomic mass is 19.3. The fourth-order valence-corrected chi connectivity index (χ4v) is 2.71. The molecule has 2 aromatic rings. The molecule has 0 spiro atoms. The minimum Gasteiger partial charge on any atom is -0.469 e. The first-order valence-electron chi connectivity index (χ1n) is 9.54. The summed E-state index contributed by atoms with van der Waals surface area (Å²) in [5.41, 5.74) is 0.385. The van der Waals surface area contributed by atoms with Crippen LogP contribution in [-0.2, 0) is 17.8 Å². The van der Waals surface area contributed by atoms with Crippen molar-refractivity contribution >= 4 is 11.9 Å². The fraction of sp³-hybridized carbons (Fsp3) is 0.400. The lowest BCUT2D eigenvalue weighted by atomic mass is 10.1. The van der Waals surface area contributed by atoms with Crippen LogP contribution in [0.3, 0.4) is 0 Å². The SMILES string of the molecule is CN(C)C(=O)CNC(=NCc1cc2c(cc1OC(F)F)OCO2)NCCc1ccco1. The monoisotopic (exact) mass is 438 g/mol. The van der Waals surface area contributed by atoms with E-state index in [0.29, 0.717) is 36.0 Å². The van der Waals surface area contributed by atoms with E-state index >= 15 is 0 Å². The molecule has 0 saturated heterocycles. The lowest BCUT2D eigenvalue weighted by molar-refractivity contribution is -0.127. The number of hydrogen-bond donors (Lipinski definition) is 2. The maximum Gasteiger partial charge on any atom is 0.387 e. The van der Waals surface area contributed by atoms with Gasteiger partial charge in [0.15, 0.2) is 17.5 Å². The first-order valence-corrected chi connectivity index (χ1v) is 9.54. The Bertz CT molecular complexity index is 903. The summed E-state index contributed by atoms with van der Waals surface area (Å²) in [6, 6.07) is 6.55. The number of aliphatic imine (C=N–C) groups is 1. The van der Waals surface area contributed by atoms with Gasteiger partial charge >= 0.3 is 6.61 Å². The number of ether oxygens (including phenoxy) is 3. The molecule has 1 amide bonds. The Morgan fingerprint density at radius 3 is 2.71 bits per heavy atom. The number of guanidine groups is 1. The van der Waals surface area contributed by atoms with Crippen molar-refractivity contribution in [3.05, 3.63) is 41.9 Å². The number of alkyl halides is 2. The predicted molar refractivity (Wildman–Crippen MR) is 107 cm³/mol. The van der Waals surface area contributed by atoms with Gasteiger partial charge in [-0.25, -0.2) is 4.99 Å². The van der Waals surface area contributed by atoms with Crippen molar-refractivity contribution in [1.82, 2.24) is 15.5 Å². The molecule has 9 nitrogen and oxygen atoms in total. The summed E-state index contributed by atoms with van der Waals surface area (Å²) in [6.07, 6.45) is 2.18. The number of carbonyl (C=O) groups is 1. The van der Waals surface area contributed by atoms with E-state index in [1.165, 1.54) is 11.0 Å². The van der Waals surface area contributed by atoms with Gasteiger partial charge in [-0.1, -0.05) is 0 Å². The number of likely N-dealkylation sites (N-methyl/N-ethyl adjacent to an activating group) is 1. The molecule has 0 fully saturated rings. The third-order valence-electron chi connectivity index (χ3n) is 4.33. The molecule has 1 aliphatic heterocycles. The second kappa shape index (κ2) is 10.5. The second-order valence-electron chi connectivity index (χ2n) is 6.75. The summed E-state index contributed by atoms with van der Waals surface area (Å²) in [5, 5.41) is 6.03. The van der Waals surface area contributed by atoms with Gasteiger partial charge in [0.05, 0.1) is 19.4 Å². The molecule has 0 atom stereocenters. The highest BCUT2D eigenvalue weighted by molar-refractivity contribution is 5.86. The van der Waals surface area contributed by atoms with E-state index in [1.54, 1.807) is 32.5 Å². The third kappa shape index (κ3) is 6.49. The molecule has 168 valence electrons. The van der Waals surface area contributed by atoms with Crippen molar-refractivity contribution in [2.24, 2.45) is 4.99 Å². The Hall–Kier alpha value is -3.50. The number of nitrogens with one attached hydrogen (secondary N) is 2. The summed E-state index contributed by atoms with van der Waals surface area (Å²) in [5.74, 6) is 1.68. The molecule has 31 heavy (non-hydrogen) atoms. The zero-order valence-corrected chi connectivity index (χ0v) is 17.2. The quantitative estimate of drug-likeness (QED) is 0.456. The van der Waals surface area contributed by atoms with Crippen molar-refractivity contribution in [2.75, 3.05) is 34.0 Å². The van der Waals surface area contributed by atoms with E-state index < -0.39 is 6.61 Å². The van der Waals surface area contributed by atoms with Gasteiger partial charge in [0.1, 0.15) is 11.5 Å². The van der Waals surface area contributed by atoms with Crippen LogP contribution in [0.2, 0.25) is 0 Å². The normalized spacial score (nSPS) is 12.7. The standard InChI is InChI=1S/C20H24F2N4O5/c1-26(2)18(27)11-25-20(23-6-5-14-4-3-7-28-14)24-10-13-8-16-17(30-12-29-16)9-15(13)31-19(21)22/h3-4,7-9,19H,5-6,10-12H2,1-2H3,(H2,23,24,25). The molecular weight excluding hydrogens is 414 g/mol. The number of halogens is 2. The Morgan fingerprint density at radius 1 is 1.26 bits per heavy atom. The molecule has 2 heterocycles. The zero-order chi connectivity index (χ0) is 22.2. The van der Waals surface area contributed by atoms with Crippen molar-refractivity contribution in [1.29, 1.82) is 0 Å². The van der Waals surface area contributed by atoms with Crippen LogP contribution in [0.4, 0.5) is 8.78 Å². The van der Waals surface area contributed by atoms with E-state index in [9.17, 15) is 13.6 Å². The summed E-state index contributed by atoms with van der Waals surface area (Å²) in [4.78, 5) is 17.8. The van der Waals surface area contributed by atoms with Crippen LogP contribution in [0.25, 0.3) is 0 Å². The number of rotatable bonds is 9. The summed E-state index contributed by atoms with van der Waals surface area (Å²) in [6.45, 7) is -2.49. The first kappa shape index (κ1) is 22.2. The van der Waals surface area contributed by atoms with Crippen molar-refractivity contribution in [3.63, 3.8) is 0 Å². The number of nitrogens with zero attached hydrogens (tertiary/aromatic N) is 2. The minimum absolute atomic E-state index is 0.00393. The van der Waals surface area contributed by atoms with E-state index in [1.807, 2.05) is 6.07 Å². The predicted octanol–water partition coefficient (Wildman–Crippen LogP) is 1.98. The maximum absolute atomic E-state index is 12.8. The van der Waals surface area contributed by atoms with Crippen molar-refractivity contribution in [2.45, 2.75) is 19.6 Å². The Balaban J connectivity index is 1.72. The lowest BCUT2D eigenvalue weighted by Crippen LogP contribution is -2.43. The molecule has 0 bridgehead atoms. The Morgan fingerprint density at radius 2 is 2.03 bits per heavy atom. The average Bonchev–Trinajstić information content (AvgIpc) is 3.40. The van der Waals surface area contributed by atoms with Gasteiger partial charge in [0.2, 0.25) is 12.7 Å². The molecule has 11 heteroatoms. The molecule has 0 radical (unpaired) electrons. The average molecular weight is 438 g/mol. The van der Waals surface area contributed by atoms with Gasteiger partial charge in [-0.3, -0.25) is 4.79 Å². The van der Waals surface area contributed by atoms with E-state index in [2.05, 4.69) is 20.4 Å². The molecule has 2 N–H and O–H groups in total. The van der Waals surface area contributed by atoms with Crippen LogP contribution in [0.5, 0.6) is 17.2 Å². The molecule has 0 unspecified atom stereocenters. The molecule has 1 aliphatic rings. The number of furan rings is 1. The van der Waals surface area contributed by atoms with Gasteiger partial charge in [0, 0.05) is 38.7 Å². The second-order valence-corrected chi connectivity index (χ2v) is 6.75. The summed E-state index contributed by atoms with van der Waals surface area (Å²) in [7, 11) is 3.29. The molecule has 0 aliphatic carbocycles. The van der Waals surface area contributed by atoms with Gasteiger partial charge in [-0.2, -0.15) is 8.78 Å². The van der Waals surface area contributed by atoms with E-state index in [0.717, 1.165) is 5.76 Å². The largest absolute Gasteiger partial charge is 0.469 e. The van der Waals surface area contributed by atoms with Crippen LogP contribution in [0.1, 0.15) is 11.3 Å². The Labute approximate surface area is 178 Å². The lowest BCUT2D eigenvalue weighted by Gasteiger charge is -2.15. The van der Waals surface area contributed by atoms with Crippen molar-refractivity contribution < 1.29 is 32.2 Å². The van der Waals surface area contributed by atoms with Crippen LogP contribution in [-0.4, -0.2) is 57.4 Å².